The van der Waals surface area contributed by atoms with Crippen LogP contribution >= 0.6 is 0 Å². The lowest BCUT2D eigenvalue weighted by Crippen LogP contribution is -2.36. The fourth-order valence-corrected chi connectivity index (χ4v) is 2.88. The van der Waals surface area contributed by atoms with Crippen molar-refractivity contribution in [1.29, 1.82) is 0 Å². The van der Waals surface area contributed by atoms with Gasteiger partial charge >= 0.3 is 0 Å². The number of aromatic nitrogens is 1. The first-order valence-corrected chi connectivity index (χ1v) is 6.65. The van der Waals surface area contributed by atoms with Gasteiger partial charge in [0.1, 0.15) is 0 Å². The standard InChI is InChI=1S/C13H17N3O3/c1-8-5-11(19-15-8)10-3-2-4-16(10)13(18)9-6-12(17)14-7-9/h5,9-10H,2-4,6-7H2,1H3,(H,14,17). The average molecular weight is 263 g/mol. The second-order valence-electron chi connectivity index (χ2n) is 5.27. The first kappa shape index (κ1) is 12.2. The van der Waals surface area contributed by atoms with E-state index in [2.05, 4.69) is 10.5 Å². The molecule has 0 aliphatic carbocycles. The van der Waals surface area contributed by atoms with Crippen molar-refractivity contribution >= 4 is 11.8 Å². The zero-order valence-electron chi connectivity index (χ0n) is 10.9. The van der Waals surface area contributed by atoms with Crippen LogP contribution in [-0.4, -0.2) is 35.0 Å². The number of hydrogen-bond acceptors (Lipinski definition) is 4. The average Bonchev–Trinajstić information content (AvgIpc) is 3.07. The highest BCUT2D eigenvalue weighted by Crippen LogP contribution is 2.34. The number of nitrogens with one attached hydrogen (secondary N) is 1. The molecule has 2 atom stereocenters. The van der Waals surface area contributed by atoms with Crippen LogP contribution in [0, 0.1) is 12.8 Å². The van der Waals surface area contributed by atoms with E-state index < -0.39 is 0 Å². The molecule has 2 saturated heterocycles. The van der Waals surface area contributed by atoms with Gasteiger partial charge in [-0.2, -0.15) is 0 Å². The highest BCUT2D eigenvalue weighted by atomic mass is 16.5. The monoisotopic (exact) mass is 263 g/mol. The summed E-state index contributed by atoms with van der Waals surface area (Å²) in [6, 6.07) is 1.86. The molecule has 6 nitrogen and oxygen atoms in total. The van der Waals surface area contributed by atoms with E-state index in [1.807, 2.05) is 17.9 Å². The van der Waals surface area contributed by atoms with E-state index in [1.165, 1.54) is 0 Å². The molecule has 19 heavy (non-hydrogen) atoms. The maximum atomic E-state index is 12.5. The van der Waals surface area contributed by atoms with Gasteiger partial charge in [0.15, 0.2) is 5.76 Å². The van der Waals surface area contributed by atoms with E-state index >= 15 is 0 Å². The van der Waals surface area contributed by atoms with Crippen molar-refractivity contribution in [3.8, 4) is 0 Å². The number of carbonyl (C=O) groups is 2. The number of likely N-dealkylation sites (tertiary alicyclic amines) is 1. The fourth-order valence-electron chi connectivity index (χ4n) is 2.88. The second-order valence-corrected chi connectivity index (χ2v) is 5.27. The van der Waals surface area contributed by atoms with Gasteiger partial charge in [0.25, 0.3) is 0 Å². The smallest absolute Gasteiger partial charge is 0.228 e. The molecule has 0 bridgehead atoms. The van der Waals surface area contributed by atoms with Crippen LogP contribution in [0.1, 0.15) is 36.8 Å². The van der Waals surface area contributed by atoms with Gasteiger partial charge in [-0.3, -0.25) is 9.59 Å². The Morgan fingerprint density at radius 3 is 3.05 bits per heavy atom. The Bertz CT molecular complexity index is 511. The van der Waals surface area contributed by atoms with E-state index in [1.54, 1.807) is 0 Å². The molecule has 0 spiro atoms. The summed E-state index contributed by atoms with van der Waals surface area (Å²) >= 11 is 0. The molecule has 2 aliphatic heterocycles. The van der Waals surface area contributed by atoms with Crippen molar-refractivity contribution in [1.82, 2.24) is 15.4 Å². The van der Waals surface area contributed by atoms with Crippen molar-refractivity contribution < 1.29 is 14.1 Å². The summed E-state index contributed by atoms with van der Waals surface area (Å²) < 4.78 is 5.29. The van der Waals surface area contributed by atoms with Crippen LogP contribution in [0.3, 0.4) is 0 Å². The molecular weight excluding hydrogens is 246 g/mol. The van der Waals surface area contributed by atoms with Gasteiger partial charge in [0, 0.05) is 25.6 Å². The van der Waals surface area contributed by atoms with Gasteiger partial charge in [-0.05, 0) is 19.8 Å². The maximum absolute atomic E-state index is 12.5. The number of hydrogen-bond donors (Lipinski definition) is 1. The molecule has 3 heterocycles. The number of aryl methyl sites for hydroxylation is 1. The molecular formula is C13H17N3O3. The van der Waals surface area contributed by atoms with Gasteiger partial charge in [-0.25, -0.2) is 0 Å². The third-order valence-electron chi connectivity index (χ3n) is 3.84. The summed E-state index contributed by atoms with van der Waals surface area (Å²) in [6.07, 6.45) is 2.16. The second kappa shape index (κ2) is 4.68. The Kier molecular flexibility index (Phi) is 3.00. The van der Waals surface area contributed by atoms with Crippen LogP contribution in [0.4, 0.5) is 0 Å². The minimum absolute atomic E-state index is 0.0237. The molecule has 0 saturated carbocycles. The van der Waals surface area contributed by atoms with Crippen molar-refractivity contribution in [2.24, 2.45) is 5.92 Å². The van der Waals surface area contributed by atoms with Crippen LogP contribution < -0.4 is 5.32 Å². The zero-order chi connectivity index (χ0) is 13.4. The van der Waals surface area contributed by atoms with Gasteiger partial charge < -0.3 is 14.7 Å². The number of carbonyl (C=O) groups excluding carboxylic acids is 2. The Labute approximate surface area is 111 Å². The van der Waals surface area contributed by atoms with Crippen LogP contribution in [0.15, 0.2) is 10.6 Å². The molecule has 2 fully saturated rings. The SMILES string of the molecule is Cc1cc(C2CCCN2C(=O)C2CNC(=O)C2)on1. The Morgan fingerprint density at radius 2 is 2.42 bits per heavy atom. The van der Waals surface area contributed by atoms with Crippen LogP contribution in [0.25, 0.3) is 0 Å². The third kappa shape index (κ3) is 2.22. The van der Waals surface area contributed by atoms with E-state index in [9.17, 15) is 9.59 Å². The minimum Gasteiger partial charge on any atom is -0.359 e. The maximum Gasteiger partial charge on any atom is 0.228 e. The molecule has 1 N–H and O–H groups in total. The third-order valence-corrected chi connectivity index (χ3v) is 3.84. The minimum atomic E-state index is -0.225. The van der Waals surface area contributed by atoms with Crippen LogP contribution in [0.5, 0.6) is 0 Å². The summed E-state index contributed by atoms with van der Waals surface area (Å²) in [5.74, 6) is 0.539. The number of amides is 2. The lowest BCUT2D eigenvalue weighted by Gasteiger charge is -2.25. The van der Waals surface area contributed by atoms with Crippen molar-refractivity contribution in [2.45, 2.75) is 32.2 Å². The summed E-state index contributed by atoms with van der Waals surface area (Å²) in [6.45, 7) is 3.05. The van der Waals surface area contributed by atoms with Crippen molar-refractivity contribution in [3.05, 3.63) is 17.5 Å². The van der Waals surface area contributed by atoms with E-state index in [0.29, 0.717) is 13.0 Å². The highest BCUT2D eigenvalue weighted by Gasteiger charge is 2.38. The summed E-state index contributed by atoms with van der Waals surface area (Å²) in [5.41, 5.74) is 0.826. The lowest BCUT2D eigenvalue weighted by molar-refractivity contribution is -0.137. The molecule has 2 amide bonds. The molecule has 2 unspecified atom stereocenters. The summed E-state index contributed by atoms with van der Waals surface area (Å²) in [4.78, 5) is 25.5. The molecule has 0 radical (unpaired) electrons. The van der Waals surface area contributed by atoms with Gasteiger partial charge in [-0.1, -0.05) is 5.16 Å². The Morgan fingerprint density at radius 1 is 1.58 bits per heavy atom. The topological polar surface area (TPSA) is 75.4 Å². The fraction of sp³-hybridized carbons (Fsp3) is 0.615. The normalized spacial score (nSPS) is 26.8. The van der Waals surface area contributed by atoms with Crippen molar-refractivity contribution in [2.75, 3.05) is 13.1 Å². The summed E-state index contributed by atoms with van der Waals surface area (Å²) in [5, 5.41) is 6.60. The van der Waals surface area contributed by atoms with E-state index in [4.69, 9.17) is 4.52 Å². The van der Waals surface area contributed by atoms with Crippen LogP contribution in [-0.2, 0) is 9.59 Å². The summed E-state index contributed by atoms with van der Waals surface area (Å²) in [7, 11) is 0. The zero-order valence-corrected chi connectivity index (χ0v) is 10.9. The van der Waals surface area contributed by atoms with E-state index in [-0.39, 0.29) is 23.8 Å². The first-order chi connectivity index (χ1) is 9.15. The molecule has 6 heteroatoms. The highest BCUT2D eigenvalue weighted by molar-refractivity contribution is 5.89. The largest absolute Gasteiger partial charge is 0.359 e. The van der Waals surface area contributed by atoms with Gasteiger partial charge in [-0.15, -0.1) is 0 Å². The number of rotatable bonds is 2. The van der Waals surface area contributed by atoms with Crippen LogP contribution in [0.2, 0.25) is 0 Å². The van der Waals surface area contributed by atoms with Gasteiger partial charge in [0.05, 0.1) is 17.7 Å². The predicted octanol–water partition coefficient (Wildman–Crippen LogP) is 0.783. The molecule has 102 valence electrons. The first-order valence-electron chi connectivity index (χ1n) is 6.65. The molecule has 1 aromatic heterocycles. The van der Waals surface area contributed by atoms with E-state index in [0.717, 1.165) is 30.8 Å². The Balaban J connectivity index is 1.76. The van der Waals surface area contributed by atoms with Crippen molar-refractivity contribution in [3.63, 3.8) is 0 Å². The molecule has 2 aliphatic rings. The Hall–Kier alpha value is -1.85. The molecule has 0 aromatic carbocycles. The predicted molar refractivity (Wildman–Crippen MR) is 66.0 cm³/mol. The lowest BCUT2D eigenvalue weighted by atomic mass is 10.1. The number of nitrogens with zero attached hydrogens (tertiary/aromatic N) is 2. The quantitative estimate of drug-likeness (QED) is 0.855. The molecule has 1 aromatic rings. The molecule has 3 rings (SSSR count). The van der Waals surface area contributed by atoms with Gasteiger partial charge in [0.2, 0.25) is 11.8 Å².